The molecule has 0 aromatic rings. The van der Waals surface area contributed by atoms with Crippen LogP contribution in [0.25, 0.3) is 0 Å². The summed E-state index contributed by atoms with van der Waals surface area (Å²) < 4.78 is 13.5. The highest BCUT2D eigenvalue weighted by atomic mass is 19.1. The molecule has 16 heavy (non-hydrogen) atoms. The molecule has 1 unspecified atom stereocenters. The molecule has 0 saturated heterocycles. The molecule has 1 atom stereocenters. The van der Waals surface area contributed by atoms with Gasteiger partial charge in [-0.25, -0.2) is 4.39 Å². The lowest BCUT2D eigenvalue weighted by atomic mass is 9.91. The quantitative estimate of drug-likeness (QED) is 0.726. The number of hydrogen-bond donors (Lipinski definition) is 0. The fourth-order valence-corrected chi connectivity index (χ4v) is 1.66. The predicted octanol–water partition coefficient (Wildman–Crippen LogP) is 3.41. The van der Waals surface area contributed by atoms with Gasteiger partial charge in [-0.2, -0.15) is 0 Å². The standard InChI is InChI=1S/C13H26FNO/c1-10(8-13(5,6)14)15(7)11(16)9-12(2,3)4/h10H,8-9H2,1-7H3. The van der Waals surface area contributed by atoms with Crippen molar-refractivity contribution in [2.45, 2.75) is 66.1 Å². The molecule has 0 N–H and O–H groups in total. The van der Waals surface area contributed by atoms with Gasteiger partial charge in [0.15, 0.2) is 0 Å². The Labute approximate surface area is 99.2 Å². The van der Waals surface area contributed by atoms with Crippen molar-refractivity contribution in [1.82, 2.24) is 4.90 Å². The Morgan fingerprint density at radius 1 is 1.25 bits per heavy atom. The summed E-state index contributed by atoms with van der Waals surface area (Å²) in [5, 5.41) is 0. The topological polar surface area (TPSA) is 20.3 Å². The minimum atomic E-state index is -1.23. The molecule has 0 radical (unpaired) electrons. The number of rotatable bonds is 4. The Morgan fingerprint density at radius 2 is 1.69 bits per heavy atom. The van der Waals surface area contributed by atoms with Gasteiger partial charge in [-0.15, -0.1) is 0 Å². The van der Waals surface area contributed by atoms with E-state index in [1.165, 1.54) is 0 Å². The maximum atomic E-state index is 13.5. The molecule has 0 aromatic heterocycles. The van der Waals surface area contributed by atoms with Crippen molar-refractivity contribution >= 4 is 5.91 Å². The van der Waals surface area contributed by atoms with E-state index in [2.05, 4.69) is 0 Å². The van der Waals surface area contributed by atoms with Crippen LogP contribution in [0.1, 0.15) is 54.4 Å². The van der Waals surface area contributed by atoms with Crippen LogP contribution in [0.3, 0.4) is 0 Å². The fourth-order valence-electron chi connectivity index (χ4n) is 1.66. The largest absolute Gasteiger partial charge is 0.343 e. The zero-order valence-electron chi connectivity index (χ0n) is 11.7. The van der Waals surface area contributed by atoms with E-state index < -0.39 is 5.67 Å². The summed E-state index contributed by atoms with van der Waals surface area (Å²) in [5.74, 6) is 0.0873. The van der Waals surface area contributed by atoms with E-state index in [0.717, 1.165) is 0 Å². The number of amides is 1. The van der Waals surface area contributed by atoms with Crippen molar-refractivity contribution in [3.05, 3.63) is 0 Å². The lowest BCUT2D eigenvalue weighted by molar-refractivity contribution is -0.134. The van der Waals surface area contributed by atoms with Crippen molar-refractivity contribution < 1.29 is 9.18 Å². The van der Waals surface area contributed by atoms with Crippen molar-refractivity contribution in [2.24, 2.45) is 5.41 Å². The van der Waals surface area contributed by atoms with Gasteiger partial charge in [-0.3, -0.25) is 4.79 Å². The molecule has 0 aliphatic heterocycles. The minimum Gasteiger partial charge on any atom is -0.343 e. The highest BCUT2D eigenvalue weighted by Gasteiger charge is 2.26. The first-order chi connectivity index (χ1) is 6.92. The molecule has 0 aromatic carbocycles. The second-order valence-corrected chi connectivity index (χ2v) is 6.51. The number of carbonyl (C=O) groups is 1. The molecule has 3 heteroatoms. The number of hydrogen-bond acceptors (Lipinski definition) is 1. The average Bonchev–Trinajstić information content (AvgIpc) is 1.96. The zero-order chi connectivity index (χ0) is 13.1. The predicted molar refractivity (Wildman–Crippen MR) is 66.1 cm³/mol. The Balaban J connectivity index is 4.34. The van der Waals surface area contributed by atoms with Crippen LogP contribution >= 0.6 is 0 Å². The third kappa shape index (κ3) is 6.81. The summed E-state index contributed by atoms with van der Waals surface area (Å²) in [5.41, 5.74) is -1.24. The van der Waals surface area contributed by atoms with Crippen LogP contribution in [-0.2, 0) is 4.79 Å². The fraction of sp³-hybridized carbons (Fsp3) is 0.923. The lowest BCUT2D eigenvalue weighted by Gasteiger charge is -2.30. The Hall–Kier alpha value is -0.600. The normalized spacial score (nSPS) is 14.8. The van der Waals surface area contributed by atoms with E-state index >= 15 is 0 Å². The molecule has 1 amide bonds. The van der Waals surface area contributed by atoms with E-state index in [9.17, 15) is 9.18 Å². The first kappa shape index (κ1) is 15.4. The van der Waals surface area contributed by atoms with Gasteiger partial charge in [-0.1, -0.05) is 20.8 Å². The van der Waals surface area contributed by atoms with E-state index in [-0.39, 0.29) is 17.4 Å². The monoisotopic (exact) mass is 231 g/mol. The summed E-state index contributed by atoms with van der Waals surface area (Å²) in [6.07, 6.45) is 0.875. The summed E-state index contributed by atoms with van der Waals surface area (Å²) in [6.45, 7) is 11.1. The van der Waals surface area contributed by atoms with Gasteiger partial charge < -0.3 is 4.90 Å². The van der Waals surface area contributed by atoms with Gasteiger partial charge in [0.1, 0.15) is 5.67 Å². The summed E-state index contributed by atoms with van der Waals surface area (Å²) in [4.78, 5) is 13.5. The molecule has 0 heterocycles. The molecule has 0 saturated carbocycles. The van der Waals surface area contributed by atoms with Gasteiger partial charge in [0.2, 0.25) is 5.91 Å². The second kappa shape index (κ2) is 5.15. The number of alkyl halides is 1. The molecule has 0 fully saturated rings. The van der Waals surface area contributed by atoms with Gasteiger partial charge in [0.25, 0.3) is 0 Å². The summed E-state index contributed by atoms with van der Waals surface area (Å²) in [6, 6.07) is -0.0603. The molecular formula is C13H26FNO. The third-order valence-electron chi connectivity index (χ3n) is 2.52. The van der Waals surface area contributed by atoms with Crippen molar-refractivity contribution in [3.63, 3.8) is 0 Å². The summed E-state index contributed by atoms with van der Waals surface area (Å²) in [7, 11) is 1.75. The van der Waals surface area contributed by atoms with Gasteiger partial charge >= 0.3 is 0 Å². The van der Waals surface area contributed by atoms with Gasteiger partial charge in [0.05, 0.1) is 0 Å². The zero-order valence-corrected chi connectivity index (χ0v) is 11.7. The highest BCUT2D eigenvalue weighted by molar-refractivity contribution is 5.76. The number of halogens is 1. The maximum Gasteiger partial charge on any atom is 0.223 e. The van der Waals surface area contributed by atoms with Crippen molar-refractivity contribution in [2.75, 3.05) is 7.05 Å². The minimum absolute atomic E-state index is 0.0176. The molecule has 0 aliphatic carbocycles. The molecule has 0 aliphatic rings. The van der Waals surface area contributed by atoms with Crippen LogP contribution in [0, 0.1) is 5.41 Å². The van der Waals surface area contributed by atoms with Gasteiger partial charge in [-0.05, 0) is 26.2 Å². The van der Waals surface area contributed by atoms with Crippen LogP contribution in [0.2, 0.25) is 0 Å². The van der Waals surface area contributed by atoms with E-state index in [1.54, 1.807) is 25.8 Å². The average molecular weight is 231 g/mol. The smallest absolute Gasteiger partial charge is 0.223 e. The van der Waals surface area contributed by atoms with E-state index in [0.29, 0.717) is 12.8 Å². The molecule has 2 nitrogen and oxygen atoms in total. The first-order valence-corrected chi connectivity index (χ1v) is 5.87. The Bertz CT molecular complexity index is 237. The van der Waals surface area contributed by atoms with Gasteiger partial charge in [0, 0.05) is 25.9 Å². The third-order valence-corrected chi connectivity index (χ3v) is 2.52. The SMILES string of the molecule is CC(CC(C)(C)F)N(C)C(=O)CC(C)(C)C. The van der Waals surface area contributed by atoms with Crippen molar-refractivity contribution in [1.29, 1.82) is 0 Å². The maximum absolute atomic E-state index is 13.5. The van der Waals surface area contributed by atoms with E-state index in [1.807, 2.05) is 27.7 Å². The first-order valence-electron chi connectivity index (χ1n) is 5.87. The number of nitrogens with zero attached hydrogens (tertiary/aromatic N) is 1. The molecule has 0 bridgehead atoms. The van der Waals surface area contributed by atoms with Crippen LogP contribution in [0.5, 0.6) is 0 Å². The highest BCUT2D eigenvalue weighted by Crippen LogP contribution is 2.23. The van der Waals surface area contributed by atoms with Crippen LogP contribution in [0.4, 0.5) is 4.39 Å². The molecule has 96 valence electrons. The second-order valence-electron chi connectivity index (χ2n) is 6.51. The Morgan fingerprint density at radius 3 is 2.00 bits per heavy atom. The van der Waals surface area contributed by atoms with Crippen LogP contribution < -0.4 is 0 Å². The van der Waals surface area contributed by atoms with Crippen molar-refractivity contribution in [3.8, 4) is 0 Å². The van der Waals surface area contributed by atoms with E-state index in [4.69, 9.17) is 0 Å². The Kier molecular flexibility index (Phi) is 4.96. The molecular weight excluding hydrogens is 205 g/mol. The summed E-state index contributed by atoms with van der Waals surface area (Å²) >= 11 is 0. The lowest BCUT2D eigenvalue weighted by Crippen LogP contribution is -2.39. The van der Waals surface area contributed by atoms with Crippen LogP contribution in [0.15, 0.2) is 0 Å². The van der Waals surface area contributed by atoms with Crippen LogP contribution in [-0.4, -0.2) is 29.6 Å². The number of carbonyl (C=O) groups excluding carboxylic acids is 1. The molecule has 0 spiro atoms. The molecule has 0 rings (SSSR count).